The molecule has 1 atom stereocenters. The number of benzene rings is 1. The Morgan fingerprint density at radius 3 is 2.48 bits per heavy atom. The van der Waals surface area contributed by atoms with Gasteiger partial charge in [-0.15, -0.1) is 0 Å². The van der Waals surface area contributed by atoms with Crippen LogP contribution in [0.3, 0.4) is 0 Å². The van der Waals surface area contributed by atoms with Crippen LogP contribution in [0.4, 0.5) is 17.6 Å². The molecule has 0 spiro atoms. The summed E-state index contributed by atoms with van der Waals surface area (Å²) in [5, 5.41) is 3.08. The topological polar surface area (TPSA) is 24.5 Å². The Bertz CT molecular complexity index is 510. The van der Waals surface area contributed by atoms with Crippen molar-refractivity contribution in [3.8, 4) is 5.75 Å². The Morgan fingerprint density at radius 2 is 1.96 bits per heavy atom. The summed E-state index contributed by atoms with van der Waals surface area (Å²) in [6.45, 7) is 4.03. The summed E-state index contributed by atoms with van der Waals surface area (Å²) in [5.41, 5.74) is 0.218. The molecule has 1 aliphatic rings. The van der Waals surface area contributed by atoms with E-state index in [0.29, 0.717) is 26.2 Å². The Balaban J connectivity index is 2.34. The second kappa shape index (κ2) is 7.68. The summed E-state index contributed by atoms with van der Waals surface area (Å²) in [7, 11) is 0. The first-order valence-electron chi connectivity index (χ1n) is 7.45. The van der Waals surface area contributed by atoms with E-state index in [9.17, 15) is 17.6 Å². The van der Waals surface area contributed by atoms with Crippen LogP contribution in [0.1, 0.15) is 24.9 Å². The Hall–Kier alpha value is -1.05. The van der Waals surface area contributed by atoms with Crippen molar-refractivity contribution >= 4 is 11.6 Å². The molecular formula is C15H19ClF4N2O. The van der Waals surface area contributed by atoms with E-state index >= 15 is 0 Å². The summed E-state index contributed by atoms with van der Waals surface area (Å²) >= 11 is 5.99. The van der Waals surface area contributed by atoms with E-state index in [2.05, 4.69) is 5.32 Å². The van der Waals surface area contributed by atoms with Crippen LogP contribution in [0.5, 0.6) is 5.75 Å². The van der Waals surface area contributed by atoms with Crippen molar-refractivity contribution in [3.63, 3.8) is 0 Å². The molecule has 0 radical (unpaired) electrons. The molecule has 2 rings (SSSR count). The summed E-state index contributed by atoms with van der Waals surface area (Å²) < 4.78 is 58.1. The molecule has 1 aromatic carbocycles. The van der Waals surface area contributed by atoms with E-state index in [1.165, 1.54) is 6.07 Å². The van der Waals surface area contributed by atoms with Gasteiger partial charge in [0.05, 0.1) is 18.1 Å². The molecular weight excluding hydrogens is 336 g/mol. The summed E-state index contributed by atoms with van der Waals surface area (Å²) in [6, 6.07) is 1.50. The highest BCUT2D eigenvalue weighted by atomic mass is 35.5. The number of piperazine rings is 1. The van der Waals surface area contributed by atoms with E-state index < -0.39 is 24.5 Å². The molecule has 0 unspecified atom stereocenters. The molecule has 3 nitrogen and oxygen atoms in total. The minimum atomic E-state index is -4.35. The zero-order valence-electron chi connectivity index (χ0n) is 12.7. The molecule has 8 heteroatoms. The van der Waals surface area contributed by atoms with Gasteiger partial charge in [0.15, 0.2) is 11.6 Å². The first kappa shape index (κ1) is 18.3. The quantitative estimate of drug-likeness (QED) is 0.814. The first-order valence-corrected chi connectivity index (χ1v) is 7.83. The largest absolute Gasteiger partial charge is 0.489 e. The van der Waals surface area contributed by atoms with Gasteiger partial charge >= 0.3 is 6.18 Å². The molecule has 23 heavy (non-hydrogen) atoms. The predicted molar refractivity (Wildman–Crippen MR) is 80.4 cm³/mol. The number of ether oxygens (including phenoxy) is 1. The van der Waals surface area contributed by atoms with Crippen molar-refractivity contribution in [2.24, 2.45) is 0 Å². The van der Waals surface area contributed by atoms with Gasteiger partial charge in [0.2, 0.25) is 0 Å². The molecule has 0 bridgehead atoms. The average molecular weight is 355 g/mol. The summed E-state index contributed by atoms with van der Waals surface area (Å²) in [5.74, 6) is -0.861. The monoisotopic (exact) mass is 354 g/mol. The van der Waals surface area contributed by atoms with Crippen LogP contribution < -0.4 is 10.1 Å². The normalized spacial score (nSPS) is 18.0. The maximum atomic E-state index is 14.1. The van der Waals surface area contributed by atoms with E-state index in [-0.39, 0.29) is 22.9 Å². The highest BCUT2D eigenvalue weighted by Gasteiger charge is 2.36. The number of rotatable bonds is 5. The maximum absolute atomic E-state index is 14.1. The van der Waals surface area contributed by atoms with Gasteiger partial charge in [-0.05, 0) is 24.6 Å². The van der Waals surface area contributed by atoms with Crippen molar-refractivity contribution in [1.29, 1.82) is 0 Å². The van der Waals surface area contributed by atoms with Crippen molar-refractivity contribution in [1.82, 2.24) is 10.2 Å². The van der Waals surface area contributed by atoms with Crippen LogP contribution in [-0.2, 0) is 0 Å². The first-order chi connectivity index (χ1) is 10.8. The number of nitrogens with zero attached hydrogens (tertiary/aromatic N) is 1. The lowest BCUT2D eigenvalue weighted by molar-refractivity contribution is -0.148. The number of hydrogen-bond acceptors (Lipinski definition) is 3. The molecule has 0 aromatic heterocycles. The molecule has 1 aliphatic heterocycles. The second-order valence-corrected chi connectivity index (χ2v) is 5.77. The lowest BCUT2D eigenvalue weighted by Crippen LogP contribution is -2.46. The predicted octanol–water partition coefficient (Wildman–Crippen LogP) is 3.78. The SMILES string of the molecule is CCOc1c(F)cc([C@@H](CC(F)(F)F)N2CCNCC2)cc1Cl. The van der Waals surface area contributed by atoms with Crippen LogP contribution in [0.25, 0.3) is 0 Å². The van der Waals surface area contributed by atoms with Gasteiger partial charge in [0, 0.05) is 32.2 Å². The lowest BCUT2D eigenvalue weighted by Gasteiger charge is -2.35. The third-order valence-electron chi connectivity index (χ3n) is 3.71. The lowest BCUT2D eigenvalue weighted by atomic mass is 10.0. The second-order valence-electron chi connectivity index (χ2n) is 5.37. The smallest absolute Gasteiger partial charge is 0.390 e. The minimum absolute atomic E-state index is 0.0100. The van der Waals surface area contributed by atoms with Gasteiger partial charge in [-0.2, -0.15) is 13.2 Å². The molecule has 1 N–H and O–H groups in total. The standard InChI is InChI=1S/C15H19ClF4N2O/c1-2-23-14-11(16)7-10(8-12(14)17)13(9-15(18,19)20)22-5-3-21-4-6-22/h7-8,13,21H,2-6,9H2,1H3/t13-/m1/s1. The Morgan fingerprint density at radius 1 is 1.30 bits per heavy atom. The number of hydrogen-bond donors (Lipinski definition) is 1. The molecule has 1 saturated heterocycles. The molecule has 0 aliphatic carbocycles. The summed E-state index contributed by atoms with van der Waals surface area (Å²) in [6.07, 6.45) is -5.40. The van der Waals surface area contributed by atoms with Gasteiger partial charge in [-0.3, -0.25) is 4.90 Å². The van der Waals surface area contributed by atoms with Gasteiger partial charge in [0.1, 0.15) is 0 Å². The van der Waals surface area contributed by atoms with Crippen LogP contribution >= 0.6 is 11.6 Å². The minimum Gasteiger partial charge on any atom is -0.489 e. The number of alkyl halides is 3. The van der Waals surface area contributed by atoms with Crippen LogP contribution in [0, 0.1) is 5.82 Å². The van der Waals surface area contributed by atoms with E-state index in [4.69, 9.17) is 16.3 Å². The van der Waals surface area contributed by atoms with Crippen LogP contribution in [0.15, 0.2) is 12.1 Å². The third kappa shape index (κ3) is 4.96. The van der Waals surface area contributed by atoms with Gasteiger partial charge in [-0.1, -0.05) is 11.6 Å². The van der Waals surface area contributed by atoms with Crippen LogP contribution in [0.2, 0.25) is 5.02 Å². The van der Waals surface area contributed by atoms with Crippen molar-refractivity contribution < 1.29 is 22.3 Å². The van der Waals surface area contributed by atoms with Crippen molar-refractivity contribution in [3.05, 3.63) is 28.5 Å². The van der Waals surface area contributed by atoms with Crippen LogP contribution in [-0.4, -0.2) is 43.9 Å². The van der Waals surface area contributed by atoms with Crippen molar-refractivity contribution in [2.75, 3.05) is 32.8 Å². The fraction of sp³-hybridized carbons (Fsp3) is 0.600. The average Bonchev–Trinajstić information content (AvgIpc) is 2.48. The zero-order chi connectivity index (χ0) is 17.0. The third-order valence-corrected chi connectivity index (χ3v) is 3.99. The van der Waals surface area contributed by atoms with E-state index in [0.717, 1.165) is 6.07 Å². The molecule has 1 heterocycles. The molecule has 0 amide bonds. The fourth-order valence-corrected chi connectivity index (χ4v) is 3.00. The number of nitrogens with one attached hydrogen (secondary N) is 1. The summed E-state index contributed by atoms with van der Waals surface area (Å²) in [4.78, 5) is 1.70. The van der Waals surface area contributed by atoms with E-state index in [1.807, 2.05) is 0 Å². The van der Waals surface area contributed by atoms with Gasteiger partial charge in [-0.25, -0.2) is 4.39 Å². The molecule has 130 valence electrons. The number of halogens is 5. The van der Waals surface area contributed by atoms with Gasteiger partial charge < -0.3 is 10.1 Å². The molecule has 0 saturated carbocycles. The Kier molecular flexibility index (Phi) is 6.11. The zero-order valence-corrected chi connectivity index (χ0v) is 13.5. The Labute approximate surface area is 137 Å². The fourth-order valence-electron chi connectivity index (χ4n) is 2.72. The maximum Gasteiger partial charge on any atom is 0.390 e. The highest BCUT2D eigenvalue weighted by molar-refractivity contribution is 6.32. The highest BCUT2D eigenvalue weighted by Crippen LogP contribution is 2.38. The van der Waals surface area contributed by atoms with E-state index in [1.54, 1.807) is 11.8 Å². The molecule has 1 fully saturated rings. The van der Waals surface area contributed by atoms with Crippen molar-refractivity contribution in [2.45, 2.75) is 25.6 Å². The van der Waals surface area contributed by atoms with Gasteiger partial charge in [0.25, 0.3) is 0 Å². The molecule has 1 aromatic rings.